The Kier molecular flexibility index (Phi) is 3.50. The van der Waals surface area contributed by atoms with Crippen molar-refractivity contribution in [2.45, 2.75) is 31.0 Å². The van der Waals surface area contributed by atoms with Gasteiger partial charge in [-0.2, -0.15) is 0 Å². The maximum atomic E-state index is 12.3. The van der Waals surface area contributed by atoms with Crippen molar-refractivity contribution >= 4 is 11.8 Å². The summed E-state index contributed by atoms with van der Waals surface area (Å²) < 4.78 is 11.4. The maximum Gasteiger partial charge on any atom is 0.292 e. The highest BCUT2D eigenvalue weighted by molar-refractivity contribution is 6.03. The van der Waals surface area contributed by atoms with Gasteiger partial charge in [0.15, 0.2) is 0 Å². The molecule has 2 amide bonds. The van der Waals surface area contributed by atoms with Crippen molar-refractivity contribution in [3.05, 3.63) is 11.5 Å². The minimum absolute atomic E-state index is 0.238. The van der Waals surface area contributed by atoms with Crippen LogP contribution in [0.15, 0.2) is 11.5 Å². The fraction of sp³-hybridized carbons (Fsp3) is 0.692. The highest BCUT2D eigenvalue weighted by Gasteiger charge is 2.51. The number of ether oxygens (including phenoxy) is 2. The minimum atomic E-state index is -0.855. The third-order valence-corrected chi connectivity index (χ3v) is 4.31. The van der Waals surface area contributed by atoms with Gasteiger partial charge in [0.1, 0.15) is 17.5 Å². The molecule has 1 spiro atoms. The fourth-order valence-corrected chi connectivity index (χ4v) is 3.20. The first-order valence-electron chi connectivity index (χ1n) is 7.07. The Bertz CT molecular complexity index is 498. The van der Waals surface area contributed by atoms with E-state index in [0.29, 0.717) is 45.6 Å². The predicted octanol–water partition coefficient (Wildman–Crippen LogP) is -1.03. The molecule has 0 aromatic carbocycles. The average Bonchev–Trinajstić information content (AvgIpc) is 2.64. The van der Waals surface area contributed by atoms with Gasteiger partial charge in [-0.3, -0.25) is 9.59 Å². The first kappa shape index (κ1) is 14.2. The van der Waals surface area contributed by atoms with Crippen LogP contribution in [-0.4, -0.2) is 60.0 Å². The molecule has 0 bridgehead atoms. The van der Waals surface area contributed by atoms with E-state index in [1.54, 1.807) is 0 Å². The van der Waals surface area contributed by atoms with Crippen molar-refractivity contribution < 1.29 is 24.2 Å². The van der Waals surface area contributed by atoms with Crippen LogP contribution in [0.3, 0.4) is 0 Å². The zero-order valence-electron chi connectivity index (χ0n) is 11.6. The van der Waals surface area contributed by atoms with Crippen molar-refractivity contribution in [3.63, 3.8) is 0 Å². The molecule has 2 saturated heterocycles. The topological polar surface area (TPSA) is 114 Å². The summed E-state index contributed by atoms with van der Waals surface area (Å²) in [7, 11) is 0. The monoisotopic (exact) mass is 297 g/mol. The van der Waals surface area contributed by atoms with Gasteiger partial charge in [-0.05, 0) is 6.42 Å². The number of aliphatic hydroxyl groups is 1. The number of amides is 2. The summed E-state index contributed by atoms with van der Waals surface area (Å²) in [6.45, 7) is 2.04. The molecule has 0 aliphatic carbocycles. The van der Waals surface area contributed by atoms with Crippen LogP contribution in [-0.2, 0) is 19.1 Å². The molecule has 4 N–H and O–H groups in total. The molecule has 0 aromatic heterocycles. The van der Waals surface area contributed by atoms with Crippen LogP contribution in [0, 0.1) is 0 Å². The van der Waals surface area contributed by atoms with Crippen LogP contribution >= 0.6 is 0 Å². The molecule has 1 unspecified atom stereocenters. The number of nitrogens with two attached hydrogens (primary N) is 1. The molecule has 3 aliphatic heterocycles. The van der Waals surface area contributed by atoms with Gasteiger partial charge < -0.3 is 30.5 Å². The SMILES string of the molecule is NC(=O)C1=C(O)C(=O)N2CCCOC3(CCOCC3)C2N1. The Labute approximate surface area is 121 Å². The second kappa shape index (κ2) is 5.19. The molecule has 116 valence electrons. The number of aliphatic hydroxyl groups excluding tert-OH is 1. The number of nitrogens with zero attached hydrogens (tertiary/aromatic N) is 1. The van der Waals surface area contributed by atoms with Crippen LogP contribution in [0.4, 0.5) is 0 Å². The van der Waals surface area contributed by atoms with E-state index in [2.05, 4.69) is 5.32 Å². The lowest BCUT2D eigenvalue weighted by Gasteiger charge is -2.47. The zero-order chi connectivity index (χ0) is 15.0. The average molecular weight is 297 g/mol. The van der Waals surface area contributed by atoms with E-state index in [1.807, 2.05) is 0 Å². The number of nitrogens with one attached hydrogen (secondary N) is 1. The molecule has 0 radical (unpaired) electrons. The third-order valence-electron chi connectivity index (χ3n) is 4.31. The van der Waals surface area contributed by atoms with E-state index in [-0.39, 0.29) is 5.70 Å². The number of rotatable bonds is 1. The molecule has 0 saturated carbocycles. The molecule has 1 atom stereocenters. The summed E-state index contributed by atoms with van der Waals surface area (Å²) in [5.41, 5.74) is 4.39. The zero-order valence-corrected chi connectivity index (χ0v) is 11.6. The van der Waals surface area contributed by atoms with Crippen LogP contribution in [0.5, 0.6) is 0 Å². The van der Waals surface area contributed by atoms with E-state index in [9.17, 15) is 14.7 Å². The Morgan fingerprint density at radius 1 is 1.38 bits per heavy atom. The van der Waals surface area contributed by atoms with Gasteiger partial charge in [0.25, 0.3) is 11.8 Å². The largest absolute Gasteiger partial charge is 0.501 e. The third kappa shape index (κ3) is 2.24. The Morgan fingerprint density at radius 2 is 2.10 bits per heavy atom. The van der Waals surface area contributed by atoms with Crippen LogP contribution in [0.2, 0.25) is 0 Å². The summed E-state index contributed by atoms with van der Waals surface area (Å²) in [5, 5.41) is 12.8. The molecule has 0 aromatic rings. The first-order valence-corrected chi connectivity index (χ1v) is 7.07. The predicted molar refractivity (Wildman–Crippen MR) is 70.8 cm³/mol. The molecule has 21 heavy (non-hydrogen) atoms. The first-order chi connectivity index (χ1) is 10.1. The summed E-state index contributed by atoms with van der Waals surface area (Å²) in [4.78, 5) is 25.3. The Balaban J connectivity index is 2.00. The van der Waals surface area contributed by atoms with Crippen molar-refractivity contribution in [1.82, 2.24) is 10.2 Å². The summed E-state index contributed by atoms with van der Waals surface area (Å²) >= 11 is 0. The number of fused-ring (bicyclic) bond motifs is 2. The van der Waals surface area contributed by atoms with Gasteiger partial charge in [-0.15, -0.1) is 0 Å². The van der Waals surface area contributed by atoms with Crippen molar-refractivity contribution in [1.29, 1.82) is 0 Å². The highest BCUT2D eigenvalue weighted by Crippen LogP contribution is 2.35. The summed E-state index contributed by atoms with van der Waals surface area (Å²) in [6.07, 6.45) is 1.38. The van der Waals surface area contributed by atoms with E-state index >= 15 is 0 Å². The smallest absolute Gasteiger partial charge is 0.292 e. The maximum absolute atomic E-state index is 12.3. The number of hydrogen-bond donors (Lipinski definition) is 3. The Hall–Kier alpha value is -1.80. The molecular weight excluding hydrogens is 278 g/mol. The molecular formula is C13H19N3O5. The van der Waals surface area contributed by atoms with Gasteiger partial charge in [0.2, 0.25) is 5.76 Å². The molecule has 8 nitrogen and oxygen atoms in total. The van der Waals surface area contributed by atoms with Crippen LogP contribution in [0.1, 0.15) is 19.3 Å². The Morgan fingerprint density at radius 3 is 2.76 bits per heavy atom. The van der Waals surface area contributed by atoms with E-state index in [4.69, 9.17) is 15.2 Å². The second-order valence-corrected chi connectivity index (χ2v) is 5.51. The highest BCUT2D eigenvalue weighted by atomic mass is 16.5. The van der Waals surface area contributed by atoms with Gasteiger partial charge in [-0.1, -0.05) is 0 Å². The summed E-state index contributed by atoms with van der Waals surface area (Å²) in [5.74, 6) is -2.06. The lowest BCUT2D eigenvalue weighted by Crippen LogP contribution is -2.66. The number of primary amides is 1. The molecule has 2 fully saturated rings. The van der Waals surface area contributed by atoms with Crippen LogP contribution in [0.25, 0.3) is 0 Å². The van der Waals surface area contributed by atoms with Crippen LogP contribution < -0.4 is 11.1 Å². The number of carbonyl (C=O) groups excluding carboxylic acids is 2. The lowest BCUT2D eigenvalue weighted by atomic mass is 9.88. The van der Waals surface area contributed by atoms with Gasteiger partial charge >= 0.3 is 0 Å². The van der Waals surface area contributed by atoms with Gasteiger partial charge in [0, 0.05) is 39.2 Å². The molecule has 3 aliphatic rings. The van der Waals surface area contributed by atoms with Crippen molar-refractivity contribution in [3.8, 4) is 0 Å². The quantitative estimate of drug-likeness (QED) is 0.570. The summed E-state index contributed by atoms with van der Waals surface area (Å²) in [6, 6.07) is 0. The van der Waals surface area contributed by atoms with E-state index in [0.717, 1.165) is 0 Å². The standard InChI is InChI=1S/C13H19N3O5/c14-10(18)8-9(17)11(19)16-4-1-5-21-13(12(16)15-8)2-6-20-7-3-13/h12,15,17H,1-7H2,(H2,14,18). The van der Waals surface area contributed by atoms with E-state index in [1.165, 1.54) is 4.90 Å². The molecule has 8 heteroatoms. The minimum Gasteiger partial charge on any atom is -0.501 e. The lowest BCUT2D eigenvalue weighted by molar-refractivity contribution is -0.161. The fourth-order valence-electron chi connectivity index (χ4n) is 3.20. The normalized spacial score (nSPS) is 28.9. The van der Waals surface area contributed by atoms with Crippen molar-refractivity contribution in [2.75, 3.05) is 26.4 Å². The van der Waals surface area contributed by atoms with Crippen molar-refractivity contribution in [2.24, 2.45) is 5.73 Å². The van der Waals surface area contributed by atoms with Gasteiger partial charge in [0.05, 0.1) is 0 Å². The molecule has 3 heterocycles. The number of hydrogen-bond acceptors (Lipinski definition) is 6. The number of carbonyl (C=O) groups is 2. The second-order valence-electron chi connectivity index (χ2n) is 5.51. The van der Waals surface area contributed by atoms with Gasteiger partial charge in [-0.25, -0.2) is 0 Å². The van der Waals surface area contributed by atoms with E-state index < -0.39 is 29.3 Å². The molecule has 3 rings (SSSR count).